The summed E-state index contributed by atoms with van der Waals surface area (Å²) in [7, 11) is 0. The molecule has 0 saturated heterocycles. The molecule has 0 unspecified atom stereocenters. The van der Waals surface area contributed by atoms with Crippen molar-refractivity contribution in [2.24, 2.45) is 5.92 Å². The summed E-state index contributed by atoms with van der Waals surface area (Å²) in [6.07, 6.45) is 11.0. The summed E-state index contributed by atoms with van der Waals surface area (Å²) in [5.74, 6) is 0.844. The zero-order chi connectivity index (χ0) is 11.4. The second-order valence-corrected chi connectivity index (χ2v) is 4.68. The number of aromatic nitrogens is 2. The lowest BCUT2D eigenvalue weighted by Gasteiger charge is -2.02. The molecule has 1 aromatic heterocycles. The molecule has 16 heavy (non-hydrogen) atoms. The first-order valence-corrected chi connectivity index (χ1v) is 6.64. The first-order valence-electron chi connectivity index (χ1n) is 5.41. The fourth-order valence-electron chi connectivity index (χ4n) is 1.48. The maximum absolute atomic E-state index is 7.43. The Morgan fingerprint density at radius 2 is 2.44 bits per heavy atom. The van der Waals surface area contributed by atoms with Crippen molar-refractivity contribution < 1.29 is 0 Å². The van der Waals surface area contributed by atoms with E-state index in [-0.39, 0.29) is 0 Å². The molecule has 4 heteroatoms. The molecule has 1 saturated carbocycles. The van der Waals surface area contributed by atoms with E-state index in [1.807, 2.05) is 12.3 Å². The molecule has 0 aromatic carbocycles. The van der Waals surface area contributed by atoms with Gasteiger partial charge in [0.2, 0.25) is 0 Å². The van der Waals surface area contributed by atoms with Gasteiger partial charge in [-0.15, -0.1) is 0 Å². The molecular weight excluding hydrogens is 218 g/mol. The topological polar surface area (TPSA) is 49.6 Å². The van der Waals surface area contributed by atoms with Crippen LogP contribution in [0, 0.1) is 11.3 Å². The van der Waals surface area contributed by atoms with Gasteiger partial charge in [-0.25, -0.2) is 9.97 Å². The van der Waals surface area contributed by atoms with Gasteiger partial charge in [-0.1, -0.05) is 17.8 Å². The zero-order valence-electron chi connectivity index (χ0n) is 9.31. The van der Waals surface area contributed by atoms with Crippen LogP contribution in [0.1, 0.15) is 25.0 Å². The van der Waals surface area contributed by atoms with E-state index in [0.717, 1.165) is 28.8 Å². The van der Waals surface area contributed by atoms with Crippen molar-refractivity contribution in [1.82, 2.24) is 9.97 Å². The van der Waals surface area contributed by atoms with Gasteiger partial charge in [-0.2, -0.15) is 0 Å². The minimum absolute atomic E-state index is 0.761. The van der Waals surface area contributed by atoms with Crippen LogP contribution in [0.2, 0.25) is 0 Å². The number of rotatable bonds is 5. The van der Waals surface area contributed by atoms with Crippen molar-refractivity contribution in [3.63, 3.8) is 0 Å². The van der Waals surface area contributed by atoms with E-state index in [1.165, 1.54) is 30.8 Å². The fourth-order valence-corrected chi connectivity index (χ4v) is 1.84. The second kappa shape index (κ2) is 5.25. The first-order chi connectivity index (χ1) is 7.83. The van der Waals surface area contributed by atoms with Gasteiger partial charge >= 0.3 is 0 Å². The average Bonchev–Trinajstić information content (AvgIpc) is 3.14. The molecule has 0 amide bonds. The molecule has 84 valence electrons. The van der Waals surface area contributed by atoms with Crippen LogP contribution in [0.25, 0.3) is 5.57 Å². The summed E-state index contributed by atoms with van der Waals surface area (Å²) in [4.78, 5) is 8.52. The van der Waals surface area contributed by atoms with Gasteiger partial charge in [-0.3, -0.25) is 0 Å². The third kappa shape index (κ3) is 2.92. The van der Waals surface area contributed by atoms with Gasteiger partial charge in [0.25, 0.3) is 0 Å². The van der Waals surface area contributed by atoms with Crippen LogP contribution in [0.4, 0.5) is 0 Å². The van der Waals surface area contributed by atoms with Crippen molar-refractivity contribution in [3.05, 3.63) is 24.0 Å². The van der Waals surface area contributed by atoms with E-state index in [2.05, 4.69) is 16.0 Å². The maximum atomic E-state index is 7.43. The highest BCUT2D eigenvalue weighted by Crippen LogP contribution is 2.33. The molecule has 0 atom stereocenters. The number of hydrogen-bond donors (Lipinski definition) is 1. The highest BCUT2D eigenvalue weighted by atomic mass is 32.2. The molecule has 0 radical (unpaired) electrons. The first kappa shape index (κ1) is 11.3. The summed E-state index contributed by atoms with van der Waals surface area (Å²) >= 11 is 1.52. The van der Waals surface area contributed by atoms with Crippen molar-refractivity contribution in [2.45, 2.75) is 24.4 Å². The number of nitrogens with one attached hydrogen (secondary N) is 1. The minimum atomic E-state index is 0.761. The lowest BCUT2D eigenvalue weighted by molar-refractivity contribution is 0.863. The molecule has 1 N–H and O–H groups in total. The van der Waals surface area contributed by atoms with Crippen LogP contribution in [-0.4, -0.2) is 22.4 Å². The Balaban J connectivity index is 2.17. The Bertz CT molecular complexity index is 410. The average molecular weight is 233 g/mol. The Labute approximate surface area is 99.9 Å². The Morgan fingerprint density at radius 3 is 3.06 bits per heavy atom. The van der Waals surface area contributed by atoms with E-state index in [4.69, 9.17) is 5.41 Å². The molecule has 1 heterocycles. The van der Waals surface area contributed by atoms with Gasteiger partial charge in [-0.05, 0) is 37.5 Å². The monoisotopic (exact) mass is 233 g/mol. The molecule has 2 rings (SSSR count). The van der Waals surface area contributed by atoms with Gasteiger partial charge in [0.1, 0.15) is 0 Å². The molecule has 3 nitrogen and oxygen atoms in total. The van der Waals surface area contributed by atoms with Crippen molar-refractivity contribution in [1.29, 1.82) is 5.41 Å². The summed E-state index contributed by atoms with van der Waals surface area (Å²) in [5.41, 5.74) is 1.76. The molecule has 0 bridgehead atoms. The van der Waals surface area contributed by atoms with E-state index in [9.17, 15) is 0 Å². The van der Waals surface area contributed by atoms with Gasteiger partial charge in [0, 0.05) is 18.0 Å². The van der Waals surface area contributed by atoms with Crippen LogP contribution in [-0.2, 0) is 0 Å². The predicted octanol–water partition coefficient (Wildman–Crippen LogP) is 3.03. The highest BCUT2D eigenvalue weighted by molar-refractivity contribution is 7.98. The molecule has 0 spiro atoms. The summed E-state index contributed by atoms with van der Waals surface area (Å²) in [6, 6.07) is 1.86. The van der Waals surface area contributed by atoms with E-state index < -0.39 is 0 Å². The van der Waals surface area contributed by atoms with Crippen LogP contribution in [0.5, 0.6) is 0 Å². The lowest BCUT2D eigenvalue weighted by Crippen LogP contribution is -1.94. The quantitative estimate of drug-likeness (QED) is 0.483. The number of hydrogen-bond acceptors (Lipinski definition) is 4. The van der Waals surface area contributed by atoms with Crippen LogP contribution >= 0.6 is 11.8 Å². The second-order valence-electron chi connectivity index (χ2n) is 3.91. The smallest absolute Gasteiger partial charge is 0.187 e. The van der Waals surface area contributed by atoms with E-state index >= 15 is 0 Å². The molecule has 0 aliphatic heterocycles. The Kier molecular flexibility index (Phi) is 3.72. The van der Waals surface area contributed by atoms with Crippen molar-refractivity contribution >= 4 is 23.5 Å². The van der Waals surface area contributed by atoms with Gasteiger partial charge in [0.15, 0.2) is 5.16 Å². The summed E-state index contributed by atoms with van der Waals surface area (Å²) < 4.78 is 0. The minimum Gasteiger partial charge on any atom is -0.308 e. The molecule has 1 aliphatic carbocycles. The third-order valence-electron chi connectivity index (χ3n) is 2.64. The van der Waals surface area contributed by atoms with Gasteiger partial charge < -0.3 is 5.41 Å². The number of thioether (sulfide) groups is 1. The van der Waals surface area contributed by atoms with Crippen molar-refractivity contribution in [3.8, 4) is 0 Å². The van der Waals surface area contributed by atoms with Gasteiger partial charge in [0.05, 0.1) is 5.69 Å². The SMILES string of the molecule is CSc1nccc(/C(C=N)=C\CC2CC2)n1. The third-order valence-corrected chi connectivity index (χ3v) is 3.20. The Morgan fingerprint density at radius 1 is 1.62 bits per heavy atom. The number of allylic oxidation sites excluding steroid dienone is 2. The van der Waals surface area contributed by atoms with Crippen molar-refractivity contribution in [2.75, 3.05) is 6.26 Å². The number of nitrogens with zero attached hydrogens (tertiary/aromatic N) is 2. The standard InChI is InChI=1S/C12H15N3S/c1-16-12-14-7-6-11(15-12)10(8-13)5-4-9-2-3-9/h5-9,13H,2-4H2,1H3/b10-5-,13-8?. The van der Waals surface area contributed by atoms with E-state index in [1.54, 1.807) is 6.20 Å². The molecule has 1 aromatic rings. The lowest BCUT2D eigenvalue weighted by atomic mass is 10.1. The normalized spacial score (nSPS) is 16.2. The van der Waals surface area contributed by atoms with Crippen LogP contribution in [0.3, 0.4) is 0 Å². The summed E-state index contributed by atoms with van der Waals surface area (Å²) in [5, 5.41) is 8.19. The van der Waals surface area contributed by atoms with Crippen LogP contribution in [0.15, 0.2) is 23.5 Å². The maximum Gasteiger partial charge on any atom is 0.187 e. The summed E-state index contributed by atoms with van der Waals surface area (Å²) in [6.45, 7) is 0. The molecule has 1 aliphatic rings. The van der Waals surface area contributed by atoms with E-state index in [0.29, 0.717) is 0 Å². The predicted molar refractivity (Wildman–Crippen MR) is 67.9 cm³/mol. The largest absolute Gasteiger partial charge is 0.308 e. The Hall–Kier alpha value is -1.16. The zero-order valence-corrected chi connectivity index (χ0v) is 10.1. The fraction of sp³-hybridized carbons (Fsp3) is 0.417. The highest BCUT2D eigenvalue weighted by Gasteiger charge is 2.19. The molecule has 1 fully saturated rings. The van der Waals surface area contributed by atoms with Crippen LogP contribution < -0.4 is 0 Å². The molecular formula is C12H15N3S.